The Morgan fingerprint density at radius 3 is 2.88 bits per heavy atom. The number of benzene rings is 1. The van der Waals surface area contributed by atoms with E-state index >= 15 is 0 Å². The van der Waals surface area contributed by atoms with Crippen LogP contribution < -0.4 is 9.47 Å². The molecule has 6 heteroatoms. The van der Waals surface area contributed by atoms with Crippen LogP contribution in [0.3, 0.4) is 0 Å². The van der Waals surface area contributed by atoms with Gasteiger partial charge in [0.2, 0.25) is 0 Å². The third-order valence-electron chi connectivity index (χ3n) is 3.88. The van der Waals surface area contributed by atoms with Crippen molar-refractivity contribution in [2.75, 3.05) is 13.2 Å². The van der Waals surface area contributed by atoms with Crippen LogP contribution in [0.25, 0.3) is 23.0 Å². The molecule has 0 saturated carbocycles. The highest BCUT2D eigenvalue weighted by molar-refractivity contribution is 7.11. The highest BCUT2D eigenvalue weighted by Crippen LogP contribution is 2.36. The summed E-state index contributed by atoms with van der Waals surface area (Å²) in [6, 6.07) is 13.6. The lowest BCUT2D eigenvalue weighted by Crippen LogP contribution is -1.98. The van der Waals surface area contributed by atoms with Crippen LogP contribution in [-0.4, -0.2) is 23.2 Å². The Balaban J connectivity index is 1.71. The largest absolute Gasteiger partial charge is 0.490 e. The predicted molar refractivity (Wildman–Crippen MR) is 101 cm³/mol. The topological polar surface area (TPSA) is 68.0 Å². The zero-order chi connectivity index (χ0) is 17.8. The number of hydrogen-bond acceptors (Lipinski definition) is 6. The Morgan fingerprint density at radius 2 is 2.04 bits per heavy atom. The van der Waals surface area contributed by atoms with Crippen molar-refractivity contribution in [3.8, 4) is 29.0 Å². The van der Waals surface area contributed by atoms with E-state index in [1.165, 1.54) is 11.3 Å². The molecule has 0 amide bonds. The van der Waals surface area contributed by atoms with Crippen molar-refractivity contribution in [2.24, 2.45) is 0 Å². The molecule has 3 heterocycles. The van der Waals surface area contributed by atoms with E-state index in [1.54, 1.807) is 12.3 Å². The molecule has 5 nitrogen and oxygen atoms in total. The zero-order valence-corrected chi connectivity index (χ0v) is 14.7. The molecule has 0 spiro atoms. The summed E-state index contributed by atoms with van der Waals surface area (Å²) in [5, 5.41) is 12.2. The summed E-state index contributed by atoms with van der Waals surface area (Å²) in [6.07, 6.45) is 4.36. The lowest BCUT2D eigenvalue weighted by Gasteiger charge is -2.10. The van der Waals surface area contributed by atoms with Gasteiger partial charge in [0, 0.05) is 23.6 Å². The molecule has 1 aromatic carbocycles. The smallest absolute Gasteiger partial charge is 0.168 e. The fourth-order valence-electron chi connectivity index (χ4n) is 2.66. The van der Waals surface area contributed by atoms with Gasteiger partial charge in [-0.3, -0.25) is 4.98 Å². The minimum Gasteiger partial charge on any atom is -0.490 e. The Kier molecular flexibility index (Phi) is 4.63. The zero-order valence-electron chi connectivity index (χ0n) is 13.9. The lowest BCUT2D eigenvalue weighted by molar-refractivity contribution is 0.296. The van der Waals surface area contributed by atoms with Crippen molar-refractivity contribution in [3.05, 3.63) is 58.5 Å². The SMILES string of the molecule is N#C/C(=C\c1cccc2c1OCCCO2)c1nc(-c2ccccn2)cs1. The van der Waals surface area contributed by atoms with E-state index in [0.717, 1.165) is 23.4 Å². The molecule has 1 aliphatic rings. The van der Waals surface area contributed by atoms with Gasteiger partial charge in [0.25, 0.3) is 0 Å². The maximum Gasteiger partial charge on any atom is 0.168 e. The van der Waals surface area contributed by atoms with Crippen LogP contribution in [0, 0.1) is 11.3 Å². The number of allylic oxidation sites excluding steroid dienone is 1. The molecule has 0 aliphatic carbocycles. The van der Waals surface area contributed by atoms with Gasteiger partial charge in [0.15, 0.2) is 11.5 Å². The van der Waals surface area contributed by atoms with E-state index in [-0.39, 0.29) is 0 Å². The monoisotopic (exact) mass is 361 g/mol. The van der Waals surface area contributed by atoms with Crippen LogP contribution in [0.1, 0.15) is 17.0 Å². The molecule has 26 heavy (non-hydrogen) atoms. The molecule has 128 valence electrons. The molecule has 4 rings (SSSR count). The number of fused-ring (bicyclic) bond motifs is 1. The van der Waals surface area contributed by atoms with Gasteiger partial charge in [-0.25, -0.2) is 4.98 Å². The Morgan fingerprint density at radius 1 is 1.12 bits per heavy atom. The molecular weight excluding hydrogens is 346 g/mol. The highest BCUT2D eigenvalue weighted by Gasteiger charge is 2.15. The minimum absolute atomic E-state index is 0.485. The number of hydrogen-bond donors (Lipinski definition) is 0. The first-order valence-electron chi connectivity index (χ1n) is 8.23. The van der Waals surface area contributed by atoms with Crippen LogP contribution in [0.5, 0.6) is 11.5 Å². The Hall–Kier alpha value is -3.17. The quantitative estimate of drug-likeness (QED) is 0.646. The van der Waals surface area contributed by atoms with Crippen molar-refractivity contribution < 1.29 is 9.47 Å². The van der Waals surface area contributed by atoms with E-state index in [4.69, 9.17) is 9.47 Å². The number of aromatic nitrogens is 2. The molecule has 0 saturated heterocycles. The van der Waals surface area contributed by atoms with Gasteiger partial charge < -0.3 is 9.47 Å². The maximum atomic E-state index is 9.64. The Bertz CT molecular complexity index is 990. The second-order valence-corrected chi connectivity index (χ2v) is 6.51. The first-order chi connectivity index (χ1) is 12.8. The van der Waals surface area contributed by atoms with Crippen LogP contribution in [0.15, 0.2) is 48.0 Å². The van der Waals surface area contributed by atoms with Gasteiger partial charge in [-0.2, -0.15) is 5.26 Å². The van der Waals surface area contributed by atoms with Gasteiger partial charge in [0.1, 0.15) is 16.8 Å². The van der Waals surface area contributed by atoms with E-state index in [0.29, 0.717) is 35.3 Å². The Labute approximate surface area is 155 Å². The first kappa shape index (κ1) is 16.3. The third-order valence-corrected chi connectivity index (χ3v) is 4.76. The first-order valence-corrected chi connectivity index (χ1v) is 9.11. The van der Waals surface area contributed by atoms with E-state index in [1.807, 2.05) is 41.8 Å². The van der Waals surface area contributed by atoms with Crippen molar-refractivity contribution in [2.45, 2.75) is 6.42 Å². The molecule has 0 atom stereocenters. The summed E-state index contributed by atoms with van der Waals surface area (Å²) in [5.41, 5.74) is 2.85. The fraction of sp³-hybridized carbons (Fsp3) is 0.150. The molecule has 0 bridgehead atoms. The number of para-hydroxylation sites is 1. The third kappa shape index (κ3) is 3.30. The number of nitriles is 1. The summed E-state index contributed by atoms with van der Waals surface area (Å²) in [4.78, 5) is 8.88. The van der Waals surface area contributed by atoms with Gasteiger partial charge in [-0.15, -0.1) is 11.3 Å². The molecule has 0 unspecified atom stereocenters. The molecule has 2 aromatic heterocycles. The van der Waals surface area contributed by atoms with Crippen LogP contribution >= 0.6 is 11.3 Å². The molecule has 1 aliphatic heterocycles. The summed E-state index contributed by atoms with van der Waals surface area (Å²) in [6.45, 7) is 1.23. The van der Waals surface area contributed by atoms with Crippen molar-refractivity contribution in [1.82, 2.24) is 9.97 Å². The van der Waals surface area contributed by atoms with Gasteiger partial charge in [0.05, 0.1) is 24.5 Å². The molecule has 0 N–H and O–H groups in total. The van der Waals surface area contributed by atoms with Crippen LogP contribution in [0.2, 0.25) is 0 Å². The average Bonchev–Trinajstić information content (AvgIpc) is 3.05. The summed E-state index contributed by atoms with van der Waals surface area (Å²) in [5.74, 6) is 1.39. The van der Waals surface area contributed by atoms with Crippen molar-refractivity contribution in [1.29, 1.82) is 5.26 Å². The number of ether oxygens (including phenoxy) is 2. The van der Waals surface area contributed by atoms with E-state index < -0.39 is 0 Å². The predicted octanol–water partition coefficient (Wildman–Crippen LogP) is 4.43. The van der Waals surface area contributed by atoms with Crippen LogP contribution in [-0.2, 0) is 0 Å². The van der Waals surface area contributed by atoms with E-state index in [2.05, 4.69) is 16.0 Å². The second kappa shape index (κ2) is 7.38. The number of nitrogens with zero attached hydrogens (tertiary/aromatic N) is 3. The summed E-state index contributed by atoms with van der Waals surface area (Å²) < 4.78 is 11.5. The lowest BCUT2D eigenvalue weighted by atomic mass is 10.1. The number of pyridine rings is 1. The maximum absolute atomic E-state index is 9.64. The van der Waals surface area contributed by atoms with E-state index in [9.17, 15) is 5.26 Å². The molecule has 0 fully saturated rings. The average molecular weight is 361 g/mol. The summed E-state index contributed by atoms with van der Waals surface area (Å²) >= 11 is 1.42. The van der Waals surface area contributed by atoms with Crippen molar-refractivity contribution in [3.63, 3.8) is 0 Å². The van der Waals surface area contributed by atoms with Crippen molar-refractivity contribution >= 4 is 23.0 Å². The van der Waals surface area contributed by atoms with Gasteiger partial charge >= 0.3 is 0 Å². The van der Waals surface area contributed by atoms with Crippen LogP contribution in [0.4, 0.5) is 0 Å². The summed E-state index contributed by atoms with van der Waals surface area (Å²) in [7, 11) is 0. The van der Waals surface area contributed by atoms with Gasteiger partial charge in [-0.1, -0.05) is 18.2 Å². The highest BCUT2D eigenvalue weighted by atomic mass is 32.1. The van der Waals surface area contributed by atoms with Gasteiger partial charge in [-0.05, 0) is 24.3 Å². The second-order valence-electron chi connectivity index (χ2n) is 5.65. The fourth-order valence-corrected chi connectivity index (χ4v) is 3.44. The molecule has 0 radical (unpaired) electrons. The molecular formula is C20H15N3O2S. The number of thiazole rings is 1. The number of rotatable bonds is 3. The minimum atomic E-state index is 0.485. The standard InChI is InChI=1S/C20H15N3O2S/c21-12-15(20-23-17(13-26-20)16-6-1-2-8-22-16)11-14-5-3-7-18-19(14)25-10-4-9-24-18/h1-3,5-8,11,13H,4,9-10H2/b15-11+. The normalized spacial score (nSPS) is 13.7. The molecule has 3 aromatic rings.